The average molecular weight is 344 g/mol. The Morgan fingerprint density at radius 2 is 1.72 bits per heavy atom. The van der Waals surface area contributed by atoms with Gasteiger partial charge in [0.1, 0.15) is 0 Å². The van der Waals surface area contributed by atoms with Crippen molar-refractivity contribution in [2.24, 2.45) is 5.92 Å². The molecule has 0 atom stereocenters. The van der Waals surface area contributed by atoms with Crippen LogP contribution in [0.5, 0.6) is 0 Å². The lowest BCUT2D eigenvalue weighted by atomic mass is 9.85. The summed E-state index contributed by atoms with van der Waals surface area (Å²) in [7, 11) is 0. The molecule has 1 aliphatic heterocycles. The Hall–Kier alpha value is -1.84. The van der Waals surface area contributed by atoms with E-state index in [1.54, 1.807) is 0 Å². The topological polar surface area (TPSA) is 49.4 Å². The van der Waals surface area contributed by atoms with Gasteiger partial charge in [0.05, 0.1) is 0 Å². The van der Waals surface area contributed by atoms with Crippen LogP contribution in [-0.2, 0) is 21.4 Å². The van der Waals surface area contributed by atoms with Crippen molar-refractivity contribution >= 4 is 11.8 Å². The molecule has 0 unspecified atom stereocenters. The molecular weight excluding hydrogens is 312 g/mol. The average Bonchev–Trinajstić information content (AvgIpc) is 2.55. The zero-order valence-electron chi connectivity index (χ0n) is 16.1. The van der Waals surface area contributed by atoms with E-state index in [0.717, 1.165) is 32.4 Å². The first-order valence-corrected chi connectivity index (χ1v) is 9.37. The summed E-state index contributed by atoms with van der Waals surface area (Å²) in [6, 6.07) is 9.00. The van der Waals surface area contributed by atoms with Crippen LogP contribution in [0.4, 0.5) is 0 Å². The van der Waals surface area contributed by atoms with Crippen molar-refractivity contribution in [3.05, 3.63) is 35.4 Å². The Kier molecular flexibility index (Phi) is 6.63. The van der Waals surface area contributed by atoms with Gasteiger partial charge in [0.25, 0.3) is 0 Å². The molecule has 138 valence electrons. The van der Waals surface area contributed by atoms with E-state index in [2.05, 4.69) is 50.4 Å². The monoisotopic (exact) mass is 344 g/mol. The third kappa shape index (κ3) is 6.18. The lowest BCUT2D eigenvalue weighted by molar-refractivity contribution is -0.132. The smallest absolute Gasteiger partial charge is 0.224 e. The second-order valence-electron chi connectivity index (χ2n) is 8.21. The zero-order valence-corrected chi connectivity index (χ0v) is 16.1. The minimum atomic E-state index is -0.0796. The van der Waals surface area contributed by atoms with E-state index in [1.807, 2.05) is 4.90 Å². The summed E-state index contributed by atoms with van der Waals surface area (Å²) in [5.41, 5.74) is 2.96. The van der Waals surface area contributed by atoms with Crippen molar-refractivity contribution in [2.75, 3.05) is 19.6 Å². The van der Waals surface area contributed by atoms with Crippen molar-refractivity contribution < 1.29 is 9.59 Å². The van der Waals surface area contributed by atoms with Crippen LogP contribution in [0.15, 0.2) is 24.3 Å². The van der Waals surface area contributed by atoms with Crippen LogP contribution in [0.25, 0.3) is 0 Å². The van der Waals surface area contributed by atoms with Crippen molar-refractivity contribution in [3.8, 4) is 0 Å². The van der Waals surface area contributed by atoms with Crippen molar-refractivity contribution in [1.82, 2.24) is 10.2 Å². The third-order valence-electron chi connectivity index (χ3n) is 5.02. The first-order chi connectivity index (χ1) is 11.8. The normalized spacial score (nSPS) is 15.9. The molecule has 0 spiro atoms. The predicted octanol–water partition coefficient (Wildman–Crippen LogP) is 3.29. The first-order valence-electron chi connectivity index (χ1n) is 9.37. The molecule has 1 saturated heterocycles. The molecule has 1 heterocycles. The summed E-state index contributed by atoms with van der Waals surface area (Å²) >= 11 is 0. The Bertz CT molecular complexity index is 579. The summed E-state index contributed by atoms with van der Waals surface area (Å²) in [5, 5.41) is 2.69. The van der Waals surface area contributed by atoms with E-state index in [1.165, 1.54) is 18.1 Å². The molecule has 1 aromatic rings. The highest BCUT2D eigenvalue weighted by Crippen LogP contribution is 2.25. The van der Waals surface area contributed by atoms with Gasteiger partial charge in [-0.05, 0) is 41.7 Å². The highest BCUT2D eigenvalue weighted by atomic mass is 16.2. The zero-order chi connectivity index (χ0) is 18.4. The van der Waals surface area contributed by atoms with Gasteiger partial charge in [-0.3, -0.25) is 9.59 Å². The molecule has 4 heteroatoms. The second-order valence-corrected chi connectivity index (χ2v) is 8.21. The second kappa shape index (κ2) is 8.50. The SMILES string of the molecule is CC(=O)NCCC(=O)N1CCC(Cc2ccc(C(C)(C)C)cc2)CC1. The molecular formula is C21H32N2O2. The van der Waals surface area contributed by atoms with Crippen LogP contribution in [0.3, 0.4) is 0 Å². The van der Waals surface area contributed by atoms with Crippen LogP contribution >= 0.6 is 0 Å². The maximum absolute atomic E-state index is 12.2. The first kappa shape index (κ1) is 19.5. The van der Waals surface area contributed by atoms with E-state index in [9.17, 15) is 9.59 Å². The minimum absolute atomic E-state index is 0.0796. The number of piperidine rings is 1. The lowest BCUT2D eigenvalue weighted by Gasteiger charge is -2.32. The van der Waals surface area contributed by atoms with Gasteiger partial charge in [-0.1, -0.05) is 45.0 Å². The quantitative estimate of drug-likeness (QED) is 0.891. The van der Waals surface area contributed by atoms with Crippen molar-refractivity contribution in [1.29, 1.82) is 0 Å². The van der Waals surface area contributed by atoms with E-state index >= 15 is 0 Å². The lowest BCUT2D eigenvalue weighted by Crippen LogP contribution is -2.40. The Morgan fingerprint density at radius 3 is 2.24 bits per heavy atom. The molecule has 1 aliphatic rings. The number of hydrogen-bond acceptors (Lipinski definition) is 2. The molecule has 0 saturated carbocycles. The third-order valence-corrected chi connectivity index (χ3v) is 5.02. The van der Waals surface area contributed by atoms with Gasteiger partial charge in [-0.15, -0.1) is 0 Å². The van der Waals surface area contributed by atoms with Gasteiger partial charge in [0.15, 0.2) is 0 Å². The molecule has 0 aliphatic carbocycles. The number of likely N-dealkylation sites (tertiary alicyclic amines) is 1. The Labute approximate surface area is 152 Å². The summed E-state index contributed by atoms with van der Waals surface area (Å²) in [6.45, 7) is 10.3. The van der Waals surface area contributed by atoms with Crippen LogP contribution < -0.4 is 5.32 Å². The number of rotatable bonds is 5. The number of hydrogen-bond donors (Lipinski definition) is 1. The van der Waals surface area contributed by atoms with Gasteiger partial charge in [-0.25, -0.2) is 0 Å². The fourth-order valence-electron chi connectivity index (χ4n) is 3.36. The number of amides is 2. The fraction of sp³-hybridized carbons (Fsp3) is 0.619. The molecule has 25 heavy (non-hydrogen) atoms. The van der Waals surface area contributed by atoms with Crippen LogP contribution in [0.2, 0.25) is 0 Å². The maximum Gasteiger partial charge on any atom is 0.224 e. The Balaban J connectivity index is 1.76. The van der Waals surface area contributed by atoms with Gasteiger partial charge >= 0.3 is 0 Å². The molecule has 1 N–H and O–H groups in total. The number of nitrogens with one attached hydrogen (secondary N) is 1. The van der Waals surface area contributed by atoms with Crippen molar-refractivity contribution in [2.45, 2.75) is 58.8 Å². The Morgan fingerprint density at radius 1 is 1.12 bits per heavy atom. The summed E-state index contributed by atoms with van der Waals surface area (Å²) < 4.78 is 0. The van der Waals surface area contributed by atoms with E-state index in [0.29, 0.717) is 18.9 Å². The molecule has 2 rings (SSSR count). The van der Waals surface area contributed by atoms with Gasteiger partial charge in [0, 0.05) is 33.0 Å². The van der Waals surface area contributed by atoms with Crippen LogP contribution in [0.1, 0.15) is 58.1 Å². The predicted molar refractivity (Wildman–Crippen MR) is 101 cm³/mol. The molecule has 2 amide bonds. The molecule has 0 bridgehead atoms. The molecule has 4 nitrogen and oxygen atoms in total. The maximum atomic E-state index is 12.2. The minimum Gasteiger partial charge on any atom is -0.356 e. The van der Waals surface area contributed by atoms with E-state index in [-0.39, 0.29) is 17.2 Å². The summed E-state index contributed by atoms with van der Waals surface area (Å²) in [4.78, 5) is 25.0. The number of carbonyl (C=O) groups excluding carboxylic acids is 2. The number of nitrogens with zero attached hydrogens (tertiary/aromatic N) is 1. The van der Waals surface area contributed by atoms with Crippen LogP contribution in [0, 0.1) is 5.92 Å². The summed E-state index contributed by atoms with van der Waals surface area (Å²) in [6.07, 6.45) is 3.62. The number of benzene rings is 1. The van der Waals surface area contributed by atoms with Gasteiger partial charge in [-0.2, -0.15) is 0 Å². The number of carbonyl (C=O) groups is 2. The molecule has 0 aromatic heterocycles. The highest BCUT2D eigenvalue weighted by molar-refractivity contribution is 5.78. The van der Waals surface area contributed by atoms with E-state index < -0.39 is 0 Å². The molecule has 0 radical (unpaired) electrons. The van der Waals surface area contributed by atoms with E-state index in [4.69, 9.17) is 0 Å². The summed E-state index contributed by atoms with van der Waals surface area (Å²) in [5.74, 6) is 0.727. The fourth-order valence-corrected chi connectivity index (χ4v) is 3.36. The van der Waals surface area contributed by atoms with Gasteiger partial charge in [0.2, 0.25) is 11.8 Å². The molecule has 1 fully saturated rings. The molecule has 1 aromatic carbocycles. The largest absolute Gasteiger partial charge is 0.356 e. The van der Waals surface area contributed by atoms with Crippen molar-refractivity contribution in [3.63, 3.8) is 0 Å². The standard InChI is InChI=1S/C21H32N2O2/c1-16(24)22-12-9-20(25)23-13-10-18(11-14-23)15-17-5-7-19(8-6-17)21(2,3)4/h5-8,18H,9-15H2,1-4H3,(H,22,24). The highest BCUT2D eigenvalue weighted by Gasteiger charge is 2.23. The van der Waals surface area contributed by atoms with Crippen LogP contribution in [-0.4, -0.2) is 36.3 Å². The van der Waals surface area contributed by atoms with Gasteiger partial charge < -0.3 is 10.2 Å².